The summed E-state index contributed by atoms with van der Waals surface area (Å²) in [6.07, 6.45) is 1.27. The highest BCUT2D eigenvalue weighted by Crippen LogP contribution is 2.47. The fourth-order valence-electron chi connectivity index (χ4n) is 2.35. The van der Waals surface area contributed by atoms with Crippen LogP contribution < -0.4 is 5.32 Å². The van der Waals surface area contributed by atoms with E-state index in [-0.39, 0.29) is 0 Å². The van der Waals surface area contributed by atoms with Crippen LogP contribution in [0.4, 0.5) is 5.69 Å². The van der Waals surface area contributed by atoms with Gasteiger partial charge in [-0.1, -0.05) is 13.0 Å². The molecule has 1 saturated carbocycles. The second-order valence-corrected chi connectivity index (χ2v) is 6.31. The lowest BCUT2D eigenvalue weighted by molar-refractivity contribution is 0.468. The maximum atomic E-state index is 5.89. The van der Waals surface area contributed by atoms with Crippen LogP contribution in [-0.4, -0.2) is 0 Å². The second kappa shape index (κ2) is 5.04. The van der Waals surface area contributed by atoms with Gasteiger partial charge in [0.1, 0.15) is 11.5 Å². The molecule has 1 N–H and O–H groups in total. The van der Waals surface area contributed by atoms with Crippen molar-refractivity contribution in [1.29, 1.82) is 0 Å². The summed E-state index contributed by atoms with van der Waals surface area (Å²) in [6, 6.07) is 10.5. The van der Waals surface area contributed by atoms with Gasteiger partial charge in [-0.25, -0.2) is 0 Å². The monoisotopic (exact) mass is 319 g/mol. The number of halogens is 1. The van der Waals surface area contributed by atoms with Gasteiger partial charge in [0, 0.05) is 16.1 Å². The molecule has 3 heteroatoms. The zero-order chi connectivity index (χ0) is 13.4. The SMILES string of the molecule is Cc1ccc(NCc2ccc(C3CC3C)o2)c(Br)c1. The van der Waals surface area contributed by atoms with E-state index in [0.717, 1.165) is 34.1 Å². The molecule has 1 aliphatic rings. The minimum atomic E-state index is 0.653. The zero-order valence-electron chi connectivity index (χ0n) is 11.2. The molecule has 1 aromatic heterocycles. The average Bonchev–Trinajstić information content (AvgIpc) is 2.91. The number of aryl methyl sites for hydroxylation is 1. The number of benzene rings is 1. The Kier molecular flexibility index (Phi) is 3.40. The molecule has 0 radical (unpaired) electrons. The Morgan fingerprint density at radius 1 is 1.32 bits per heavy atom. The molecular weight excluding hydrogens is 302 g/mol. The van der Waals surface area contributed by atoms with Crippen LogP contribution in [0, 0.1) is 12.8 Å². The van der Waals surface area contributed by atoms with Crippen LogP contribution in [0.1, 0.15) is 36.3 Å². The summed E-state index contributed by atoms with van der Waals surface area (Å²) < 4.78 is 6.98. The number of rotatable bonds is 4. The lowest BCUT2D eigenvalue weighted by Crippen LogP contribution is -1.98. The van der Waals surface area contributed by atoms with E-state index in [4.69, 9.17) is 4.42 Å². The zero-order valence-corrected chi connectivity index (χ0v) is 12.8. The maximum Gasteiger partial charge on any atom is 0.123 e. The van der Waals surface area contributed by atoms with Crippen molar-refractivity contribution in [3.63, 3.8) is 0 Å². The fourth-order valence-corrected chi connectivity index (χ4v) is 2.99. The number of hydrogen-bond donors (Lipinski definition) is 1. The Morgan fingerprint density at radius 2 is 2.11 bits per heavy atom. The van der Waals surface area contributed by atoms with Gasteiger partial charge in [-0.05, 0) is 65.0 Å². The molecule has 1 heterocycles. The van der Waals surface area contributed by atoms with E-state index in [1.54, 1.807) is 0 Å². The first-order chi connectivity index (χ1) is 9.13. The van der Waals surface area contributed by atoms with Crippen molar-refractivity contribution in [2.75, 3.05) is 5.32 Å². The first-order valence-electron chi connectivity index (χ1n) is 6.72. The third-order valence-electron chi connectivity index (χ3n) is 3.74. The predicted molar refractivity (Wildman–Crippen MR) is 81.4 cm³/mol. The third kappa shape index (κ3) is 2.86. The van der Waals surface area contributed by atoms with E-state index in [1.807, 2.05) is 0 Å². The summed E-state index contributed by atoms with van der Waals surface area (Å²) in [7, 11) is 0. The Morgan fingerprint density at radius 3 is 2.79 bits per heavy atom. The quantitative estimate of drug-likeness (QED) is 0.849. The standard InChI is InChI=1S/C16H18BrNO/c1-10-3-5-15(14(17)7-10)18-9-12-4-6-16(19-12)13-8-11(13)2/h3-7,11,13,18H,8-9H2,1-2H3. The lowest BCUT2D eigenvalue weighted by Gasteiger charge is -2.07. The molecule has 0 amide bonds. The van der Waals surface area contributed by atoms with Crippen molar-refractivity contribution in [2.45, 2.75) is 32.7 Å². The van der Waals surface area contributed by atoms with Crippen LogP contribution in [0.3, 0.4) is 0 Å². The summed E-state index contributed by atoms with van der Waals surface area (Å²) in [4.78, 5) is 0. The molecule has 19 heavy (non-hydrogen) atoms. The van der Waals surface area contributed by atoms with Crippen LogP contribution in [0.25, 0.3) is 0 Å². The molecular formula is C16H18BrNO. The highest BCUT2D eigenvalue weighted by atomic mass is 79.9. The molecule has 3 rings (SSSR count). The molecule has 0 saturated heterocycles. The molecule has 2 atom stereocenters. The van der Waals surface area contributed by atoms with Crippen LogP contribution in [0.5, 0.6) is 0 Å². The summed E-state index contributed by atoms with van der Waals surface area (Å²) in [6.45, 7) is 5.08. The summed E-state index contributed by atoms with van der Waals surface area (Å²) in [5.41, 5.74) is 2.35. The highest BCUT2D eigenvalue weighted by Gasteiger charge is 2.36. The topological polar surface area (TPSA) is 25.2 Å². The normalized spacial score (nSPS) is 21.4. The van der Waals surface area contributed by atoms with E-state index in [9.17, 15) is 0 Å². The van der Waals surface area contributed by atoms with Crippen molar-refractivity contribution in [2.24, 2.45) is 5.92 Å². The molecule has 0 spiro atoms. The Hall–Kier alpha value is -1.22. The Labute approximate surface area is 122 Å². The number of nitrogens with one attached hydrogen (secondary N) is 1. The van der Waals surface area contributed by atoms with E-state index in [2.05, 4.69) is 65.4 Å². The van der Waals surface area contributed by atoms with Gasteiger partial charge in [-0.3, -0.25) is 0 Å². The second-order valence-electron chi connectivity index (χ2n) is 5.46. The first kappa shape index (κ1) is 12.8. The minimum absolute atomic E-state index is 0.653. The van der Waals surface area contributed by atoms with Crippen LogP contribution in [0.2, 0.25) is 0 Å². The van der Waals surface area contributed by atoms with E-state index >= 15 is 0 Å². The summed E-state index contributed by atoms with van der Waals surface area (Å²) >= 11 is 3.57. The van der Waals surface area contributed by atoms with Gasteiger partial charge in [-0.2, -0.15) is 0 Å². The maximum absolute atomic E-state index is 5.89. The van der Waals surface area contributed by atoms with Crippen molar-refractivity contribution in [3.8, 4) is 0 Å². The molecule has 2 nitrogen and oxygen atoms in total. The van der Waals surface area contributed by atoms with E-state index in [0.29, 0.717) is 5.92 Å². The van der Waals surface area contributed by atoms with Crippen LogP contribution in [-0.2, 0) is 6.54 Å². The molecule has 2 unspecified atom stereocenters. The van der Waals surface area contributed by atoms with Gasteiger partial charge >= 0.3 is 0 Å². The van der Waals surface area contributed by atoms with Gasteiger partial charge in [0.05, 0.1) is 6.54 Å². The first-order valence-corrected chi connectivity index (χ1v) is 7.51. The Bertz CT molecular complexity index is 590. The van der Waals surface area contributed by atoms with Gasteiger partial charge in [0.25, 0.3) is 0 Å². The molecule has 2 aromatic rings. The lowest BCUT2D eigenvalue weighted by atomic mass is 10.2. The summed E-state index contributed by atoms with van der Waals surface area (Å²) in [5, 5.41) is 3.40. The van der Waals surface area contributed by atoms with Crippen LogP contribution in [0.15, 0.2) is 39.2 Å². The van der Waals surface area contributed by atoms with E-state index in [1.165, 1.54) is 12.0 Å². The van der Waals surface area contributed by atoms with E-state index < -0.39 is 0 Å². The van der Waals surface area contributed by atoms with Crippen molar-refractivity contribution in [3.05, 3.63) is 51.9 Å². The van der Waals surface area contributed by atoms with Crippen molar-refractivity contribution < 1.29 is 4.42 Å². The number of hydrogen-bond acceptors (Lipinski definition) is 2. The van der Waals surface area contributed by atoms with Gasteiger partial charge in [0.15, 0.2) is 0 Å². The molecule has 1 fully saturated rings. The molecule has 1 aliphatic carbocycles. The minimum Gasteiger partial charge on any atom is -0.464 e. The largest absolute Gasteiger partial charge is 0.464 e. The molecule has 0 aliphatic heterocycles. The highest BCUT2D eigenvalue weighted by molar-refractivity contribution is 9.10. The molecule has 1 aromatic carbocycles. The number of anilines is 1. The average molecular weight is 320 g/mol. The van der Waals surface area contributed by atoms with Gasteiger partial charge in [-0.15, -0.1) is 0 Å². The van der Waals surface area contributed by atoms with Crippen LogP contribution >= 0.6 is 15.9 Å². The Balaban J connectivity index is 1.64. The smallest absolute Gasteiger partial charge is 0.123 e. The van der Waals surface area contributed by atoms with Gasteiger partial charge < -0.3 is 9.73 Å². The third-order valence-corrected chi connectivity index (χ3v) is 4.39. The molecule has 100 valence electrons. The van der Waals surface area contributed by atoms with Gasteiger partial charge in [0.2, 0.25) is 0 Å². The van der Waals surface area contributed by atoms with Crippen molar-refractivity contribution >= 4 is 21.6 Å². The predicted octanol–water partition coefficient (Wildman–Crippen LogP) is 5.09. The summed E-state index contributed by atoms with van der Waals surface area (Å²) in [5.74, 6) is 3.59. The number of furan rings is 1. The molecule has 0 bridgehead atoms. The fraction of sp³-hybridized carbons (Fsp3) is 0.375. The van der Waals surface area contributed by atoms with Crippen molar-refractivity contribution in [1.82, 2.24) is 0 Å².